The summed E-state index contributed by atoms with van der Waals surface area (Å²) in [7, 11) is 4.26. The van der Waals surface area contributed by atoms with E-state index in [1.54, 1.807) is 0 Å². The second-order valence-corrected chi connectivity index (χ2v) is 7.77. The molecular formula is C24H28N4. The molecule has 4 heteroatoms. The van der Waals surface area contributed by atoms with Crippen molar-refractivity contribution in [3.05, 3.63) is 84.0 Å². The van der Waals surface area contributed by atoms with Gasteiger partial charge in [0.2, 0.25) is 0 Å². The Kier molecular flexibility index (Phi) is 5.31. The van der Waals surface area contributed by atoms with Crippen LogP contribution in [0.1, 0.15) is 19.8 Å². The summed E-state index contributed by atoms with van der Waals surface area (Å²) < 4.78 is 0. The van der Waals surface area contributed by atoms with Crippen LogP contribution < -0.4 is 9.80 Å². The Morgan fingerprint density at radius 2 is 1.86 bits per heavy atom. The van der Waals surface area contributed by atoms with Gasteiger partial charge in [-0.2, -0.15) is 0 Å². The first-order valence-electron chi connectivity index (χ1n) is 9.92. The van der Waals surface area contributed by atoms with E-state index in [0.29, 0.717) is 0 Å². The molecule has 0 saturated carbocycles. The van der Waals surface area contributed by atoms with Crippen LogP contribution in [0.15, 0.2) is 84.0 Å². The zero-order valence-electron chi connectivity index (χ0n) is 17.0. The summed E-state index contributed by atoms with van der Waals surface area (Å²) in [6, 6.07) is 12.7. The quantitative estimate of drug-likeness (QED) is 0.727. The Morgan fingerprint density at radius 3 is 2.64 bits per heavy atom. The normalized spacial score (nSPS) is 16.1. The first-order chi connectivity index (χ1) is 13.6. The van der Waals surface area contributed by atoms with Gasteiger partial charge in [-0.3, -0.25) is 4.98 Å². The molecule has 0 radical (unpaired) electrons. The van der Waals surface area contributed by atoms with Gasteiger partial charge < -0.3 is 14.7 Å². The highest BCUT2D eigenvalue weighted by molar-refractivity contribution is 5.83. The maximum absolute atomic E-state index is 4.47. The summed E-state index contributed by atoms with van der Waals surface area (Å²) in [5.41, 5.74) is 7.54. The van der Waals surface area contributed by atoms with Gasteiger partial charge in [0.1, 0.15) is 0 Å². The molecule has 2 aliphatic rings. The fourth-order valence-corrected chi connectivity index (χ4v) is 3.89. The minimum atomic E-state index is 0.968. The summed E-state index contributed by atoms with van der Waals surface area (Å²) in [6.45, 7) is 4.24. The number of aromatic nitrogens is 1. The lowest BCUT2D eigenvalue weighted by molar-refractivity contribution is 0.402. The first-order valence-corrected chi connectivity index (χ1v) is 9.92. The predicted molar refractivity (Wildman–Crippen MR) is 118 cm³/mol. The SMILES string of the molecule is CC1=CC=C2C(=CN(c3ccccc3)c3ccncc3N2CCCN(C)C)C1. The highest BCUT2D eigenvalue weighted by atomic mass is 15.2. The maximum Gasteiger partial charge on any atom is 0.0841 e. The summed E-state index contributed by atoms with van der Waals surface area (Å²) in [4.78, 5) is 11.5. The monoisotopic (exact) mass is 372 g/mol. The second kappa shape index (κ2) is 8.03. The van der Waals surface area contributed by atoms with Gasteiger partial charge in [0, 0.05) is 30.3 Å². The van der Waals surface area contributed by atoms with E-state index in [0.717, 1.165) is 31.6 Å². The van der Waals surface area contributed by atoms with Crippen molar-refractivity contribution in [1.82, 2.24) is 9.88 Å². The van der Waals surface area contributed by atoms with Crippen LogP contribution in [0.4, 0.5) is 17.1 Å². The van der Waals surface area contributed by atoms with Gasteiger partial charge in [0.05, 0.1) is 17.6 Å². The predicted octanol–water partition coefficient (Wildman–Crippen LogP) is 5.11. The van der Waals surface area contributed by atoms with Crippen LogP contribution in [-0.2, 0) is 0 Å². The van der Waals surface area contributed by atoms with Crippen molar-refractivity contribution in [1.29, 1.82) is 0 Å². The maximum atomic E-state index is 4.47. The Bertz CT molecular complexity index is 925. The molecule has 0 unspecified atom stereocenters. The third-order valence-electron chi connectivity index (χ3n) is 5.25. The van der Waals surface area contributed by atoms with E-state index in [2.05, 4.69) is 95.5 Å². The van der Waals surface area contributed by atoms with Crippen LogP contribution in [0.3, 0.4) is 0 Å². The van der Waals surface area contributed by atoms with Crippen LogP contribution in [0.5, 0.6) is 0 Å². The molecule has 0 atom stereocenters. The van der Waals surface area contributed by atoms with Gasteiger partial charge in [-0.15, -0.1) is 0 Å². The number of hydrogen-bond donors (Lipinski definition) is 0. The number of pyridine rings is 1. The second-order valence-electron chi connectivity index (χ2n) is 7.77. The van der Waals surface area contributed by atoms with E-state index in [4.69, 9.17) is 0 Å². The molecule has 1 aliphatic carbocycles. The van der Waals surface area contributed by atoms with E-state index in [-0.39, 0.29) is 0 Å². The fraction of sp³-hybridized carbons (Fsp3) is 0.292. The molecule has 0 bridgehead atoms. The number of fused-ring (bicyclic) bond motifs is 2. The molecule has 0 fully saturated rings. The fourth-order valence-electron chi connectivity index (χ4n) is 3.89. The van der Waals surface area contributed by atoms with Crippen molar-refractivity contribution in [2.75, 3.05) is 37.0 Å². The van der Waals surface area contributed by atoms with Gasteiger partial charge >= 0.3 is 0 Å². The minimum Gasteiger partial charge on any atom is -0.338 e. The number of benzene rings is 1. The lowest BCUT2D eigenvalue weighted by Gasteiger charge is -2.30. The van der Waals surface area contributed by atoms with Gasteiger partial charge in [-0.25, -0.2) is 0 Å². The molecule has 0 saturated heterocycles. The third kappa shape index (κ3) is 3.73. The minimum absolute atomic E-state index is 0.968. The summed E-state index contributed by atoms with van der Waals surface area (Å²) >= 11 is 0. The van der Waals surface area contributed by atoms with E-state index >= 15 is 0 Å². The van der Waals surface area contributed by atoms with Gasteiger partial charge in [0.25, 0.3) is 0 Å². The molecule has 2 heterocycles. The summed E-state index contributed by atoms with van der Waals surface area (Å²) in [5.74, 6) is 0. The number of anilines is 3. The largest absolute Gasteiger partial charge is 0.338 e. The van der Waals surface area contributed by atoms with Gasteiger partial charge in [0.15, 0.2) is 0 Å². The van der Waals surface area contributed by atoms with Crippen molar-refractivity contribution in [2.45, 2.75) is 19.8 Å². The molecule has 1 aromatic carbocycles. The van der Waals surface area contributed by atoms with Crippen molar-refractivity contribution >= 4 is 17.1 Å². The highest BCUT2D eigenvalue weighted by Crippen LogP contribution is 2.42. The van der Waals surface area contributed by atoms with Crippen LogP contribution in [0, 0.1) is 0 Å². The summed E-state index contributed by atoms with van der Waals surface area (Å²) in [6.07, 6.45) is 12.8. The van der Waals surface area contributed by atoms with Crippen molar-refractivity contribution in [2.24, 2.45) is 0 Å². The molecule has 0 amide bonds. The van der Waals surface area contributed by atoms with Crippen molar-refractivity contribution in [3.8, 4) is 0 Å². The first kappa shape index (κ1) is 18.5. The lowest BCUT2D eigenvalue weighted by atomic mass is 9.97. The van der Waals surface area contributed by atoms with Gasteiger partial charge in [-0.1, -0.05) is 29.8 Å². The Labute approximate surface area is 168 Å². The molecule has 4 rings (SSSR count). The number of allylic oxidation sites excluding steroid dienone is 4. The van der Waals surface area contributed by atoms with Crippen LogP contribution in [0.25, 0.3) is 0 Å². The van der Waals surface area contributed by atoms with E-state index in [9.17, 15) is 0 Å². The molecule has 2 aromatic rings. The van der Waals surface area contributed by atoms with E-state index in [1.165, 1.54) is 28.2 Å². The van der Waals surface area contributed by atoms with E-state index < -0.39 is 0 Å². The van der Waals surface area contributed by atoms with Crippen molar-refractivity contribution < 1.29 is 0 Å². The Morgan fingerprint density at radius 1 is 1.04 bits per heavy atom. The Hall–Kier alpha value is -2.85. The van der Waals surface area contributed by atoms with Crippen LogP contribution in [-0.4, -0.2) is 37.1 Å². The highest BCUT2D eigenvalue weighted by Gasteiger charge is 2.27. The average molecular weight is 373 g/mol. The number of rotatable bonds is 5. The zero-order valence-corrected chi connectivity index (χ0v) is 17.0. The smallest absolute Gasteiger partial charge is 0.0841 e. The molecular weight excluding hydrogens is 344 g/mol. The molecule has 1 aliphatic heterocycles. The molecule has 1 aromatic heterocycles. The Balaban J connectivity index is 1.83. The molecule has 0 spiro atoms. The molecule has 144 valence electrons. The number of para-hydroxylation sites is 1. The van der Waals surface area contributed by atoms with E-state index in [1.807, 2.05) is 12.4 Å². The third-order valence-corrected chi connectivity index (χ3v) is 5.25. The molecule has 4 nitrogen and oxygen atoms in total. The van der Waals surface area contributed by atoms with Gasteiger partial charge in [-0.05, 0) is 70.3 Å². The average Bonchev–Trinajstić information content (AvgIpc) is 2.83. The van der Waals surface area contributed by atoms with Crippen LogP contribution in [0.2, 0.25) is 0 Å². The topological polar surface area (TPSA) is 22.6 Å². The molecule has 0 N–H and O–H groups in total. The van der Waals surface area contributed by atoms with Crippen molar-refractivity contribution in [3.63, 3.8) is 0 Å². The zero-order chi connectivity index (χ0) is 19.5. The number of hydrogen-bond acceptors (Lipinski definition) is 4. The standard InChI is InChI=1S/C24H28N4/c1-19-10-11-22-20(16-19)18-28(21-8-5-4-6-9-21)23-12-13-25-17-24(23)27(22)15-7-14-26(2)3/h4-6,8-13,17-18H,7,14-16H2,1-3H3. The summed E-state index contributed by atoms with van der Waals surface area (Å²) in [5, 5.41) is 0. The lowest BCUT2D eigenvalue weighted by Crippen LogP contribution is -2.28. The molecule has 28 heavy (non-hydrogen) atoms. The number of nitrogens with zero attached hydrogens (tertiary/aromatic N) is 4. The van der Waals surface area contributed by atoms with Crippen LogP contribution >= 0.6 is 0 Å².